The molecule has 0 aromatic carbocycles. The molecule has 0 saturated carbocycles. The van der Waals surface area contributed by atoms with Gasteiger partial charge >= 0.3 is 0 Å². The van der Waals surface area contributed by atoms with E-state index in [2.05, 4.69) is 15.2 Å². The van der Waals surface area contributed by atoms with Gasteiger partial charge in [-0.1, -0.05) is 12.1 Å². The van der Waals surface area contributed by atoms with Crippen LogP contribution in [0.2, 0.25) is 0 Å². The first-order chi connectivity index (χ1) is 12.8. The molecule has 1 atom stereocenters. The predicted molar refractivity (Wildman–Crippen MR) is 101 cm³/mol. The molecule has 6 nitrogen and oxygen atoms in total. The number of fused-ring (bicyclic) bond motifs is 1. The maximum absolute atomic E-state index is 13.1. The number of carbonyl (C=O) groups excluding carboxylic acids is 1. The molecule has 1 amide bonds. The number of aromatic nitrogens is 4. The van der Waals surface area contributed by atoms with E-state index in [1.165, 1.54) is 11.3 Å². The van der Waals surface area contributed by atoms with E-state index in [1.54, 1.807) is 11.3 Å². The molecular formula is C18H15N5OS2. The Hall–Kier alpha value is -2.58. The van der Waals surface area contributed by atoms with Crippen LogP contribution in [0, 0.1) is 0 Å². The molecule has 5 heterocycles. The Morgan fingerprint density at radius 1 is 1.15 bits per heavy atom. The summed E-state index contributed by atoms with van der Waals surface area (Å²) < 4.78 is 1.97. The number of carbonyl (C=O) groups is 1. The van der Waals surface area contributed by atoms with Crippen molar-refractivity contribution in [1.29, 1.82) is 0 Å². The molecular weight excluding hydrogens is 366 g/mol. The molecule has 8 heteroatoms. The average molecular weight is 381 g/mol. The minimum absolute atomic E-state index is 0.0285. The van der Waals surface area contributed by atoms with Crippen LogP contribution >= 0.6 is 22.7 Å². The first-order valence-electron chi connectivity index (χ1n) is 8.41. The highest BCUT2D eigenvalue weighted by Gasteiger charge is 2.34. The number of rotatable bonds is 3. The van der Waals surface area contributed by atoms with Crippen LogP contribution in [0.15, 0.2) is 47.3 Å². The lowest BCUT2D eigenvalue weighted by Crippen LogP contribution is -2.31. The van der Waals surface area contributed by atoms with Crippen molar-refractivity contribution in [2.24, 2.45) is 0 Å². The predicted octanol–water partition coefficient (Wildman–Crippen LogP) is 3.89. The summed E-state index contributed by atoms with van der Waals surface area (Å²) in [5.74, 6) is 0.791. The topological polar surface area (TPSA) is 63.4 Å². The molecule has 0 aliphatic carbocycles. The summed E-state index contributed by atoms with van der Waals surface area (Å²) in [6.07, 6.45) is 3.80. The summed E-state index contributed by atoms with van der Waals surface area (Å²) in [4.78, 5) is 20.6. The van der Waals surface area contributed by atoms with Gasteiger partial charge in [0.05, 0.1) is 10.9 Å². The van der Waals surface area contributed by atoms with Crippen LogP contribution in [0.25, 0.3) is 15.5 Å². The molecule has 1 saturated heterocycles. The zero-order valence-electron chi connectivity index (χ0n) is 13.8. The van der Waals surface area contributed by atoms with Gasteiger partial charge in [0.25, 0.3) is 5.91 Å². The van der Waals surface area contributed by atoms with Crippen molar-refractivity contribution in [1.82, 2.24) is 24.5 Å². The van der Waals surface area contributed by atoms with Gasteiger partial charge in [-0.2, -0.15) is 0 Å². The number of amides is 1. The Labute approximate surface area is 157 Å². The third kappa shape index (κ3) is 2.53. The van der Waals surface area contributed by atoms with Gasteiger partial charge < -0.3 is 4.90 Å². The molecule has 4 aromatic rings. The van der Waals surface area contributed by atoms with Crippen LogP contribution in [0.5, 0.6) is 0 Å². The summed E-state index contributed by atoms with van der Waals surface area (Å²) in [7, 11) is 0. The number of pyridine rings is 1. The van der Waals surface area contributed by atoms with Gasteiger partial charge in [0, 0.05) is 18.1 Å². The summed E-state index contributed by atoms with van der Waals surface area (Å²) in [6.45, 7) is 0.719. The fourth-order valence-electron chi connectivity index (χ4n) is 3.40. The van der Waals surface area contributed by atoms with Crippen LogP contribution in [0.4, 0.5) is 0 Å². The Balaban J connectivity index is 1.46. The van der Waals surface area contributed by atoms with E-state index in [4.69, 9.17) is 0 Å². The zero-order valence-corrected chi connectivity index (χ0v) is 15.4. The van der Waals surface area contributed by atoms with Crippen molar-refractivity contribution in [3.63, 3.8) is 0 Å². The Bertz CT molecular complexity index is 1070. The minimum Gasteiger partial charge on any atom is -0.327 e. The standard InChI is InChI=1S/C18H15N5OS2/c24-18(12-11-26-17(19-12)14-6-4-10-25-14)22-9-3-5-13(22)16-21-20-15-7-1-2-8-23(15)16/h1-2,4,6-8,10-11,13H,3,5,9H2/t13-/m1/s1. The molecule has 0 spiro atoms. The maximum Gasteiger partial charge on any atom is 0.273 e. The third-order valence-corrected chi connectivity index (χ3v) is 6.49. The van der Waals surface area contributed by atoms with E-state index in [1.807, 2.05) is 56.6 Å². The first-order valence-corrected chi connectivity index (χ1v) is 10.2. The summed E-state index contributed by atoms with van der Waals surface area (Å²) in [5.41, 5.74) is 1.31. The highest BCUT2D eigenvalue weighted by Crippen LogP contribution is 2.34. The lowest BCUT2D eigenvalue weighted by atomic mass is 10.2. The van der Waals surface area contributed by atoms with Crippen LogP contribution in [0.1, 0.15) is 35.2 Å². The number of nitrogens with zero attached hydrogens (tertiary/aromatic N) is 5. The fourth-order valence-corrected chi connectivity index (χ4v) is 5.01. The molecule has 1 fully saturated rings. The summed E-state index contributed by atoms with van der Waals surface area (Å²) in [5, 5.41) is 13.4. The van der Waals surface area contributed by atoms with Crippen molar-refractivity contribution in [2.45, 2.75) is 18.9 Å². The Morgan fingerprint density at radius 3 is 3.00 bits per heavy atom. The smallest absolute Gasteiger partial charge is 0.273 e. The normalized spacial score (nSPS) is 17.2. The zero-order chi connectivity index (χ0) is 17.5. The highest BCUT2D eigenvalue weighted by molar-refractivity contribution is 7.20. The Morgan fingerprint density at radius 2 is 2.12 bits per heavy atom. The van der Waals surface area contributed by atoms with Crippen LogP contribution in [-0.4, -0.2) is 36.9 Å². The van der Waals surface area contributed by atoms with Crippen LogP contribution in [-0.2, 0) is 0 Å². The van der Waals surface area contributed by atoms with Gasteiger partial charge in [0.1, 0.15) is 10.7 Å². The molecule has 0 bridgehead atoms. The van der Waals surface area contributed by atoms with Crippen molar-refractivity contribution < 1.29 is 4.79 Å². The molecule has 1 aliphatic rings. The van der Waals surface area contributed by atoms with E-state index in [0.29, 0.717) is 5.69 Å². The van der Waals surface area contributed by atoms with Crippen molar-refractivity contribution in [3.05, 3.63) is 58.8 Å². The highest BCUT2D eigenvalue weighted by atomic mass is 32.1. The fraction of sp³-hybridized carbons (Fsp3) is 0.222. The quantitative estimate of drug-likeness (QED) is 0.540. The number of thiophene rings is 1. The molecule has 5 rings (SSSR count). The lowest BCUT2D eigenvalue weighted by molar-refractivity contribution is 0.0724. The van der Waals surface area contributed by atoms with Crippen LogP contribution < -0.4 is 0 Å². The molecule has 0 radical (unpaired) electrons. The summed E-state index contributed by atoms with van der Waals surface area (Å²) >= 11 is 3.15. The molecule has 130 valence electrons. The van der Waals surface area contributed by atoms with E-state index in [0.717, 1.165) is 40.7 Å². The largest absolute Gasteiger partial charge is 0.327 e. The maximum atomic E-state index is 13.1. The van der Waals surface area contributed by atoms with Crippen LogP contribution in [0.3, 0.4) is 0 Å². The molecule has 4 aromatic heterocycles. The molecule has 0 unspecified atom stereocenters. The van der Waals surface area contributed by atoms with Crippen molar-refractivity contribution in [3.8, 4) is 9.88 Å². The van der Waals surface area contributed by atoms with Crippen molar-refractivity contribution >= 4 is 34.2 Å². The number of thiazole rings is 1. The van der Waals surface area contributed by atoms with Gasteiger partial charge in [-0.05, 0) is 36.4 Å². The van der Waals surface area contributed by atoms with Gasteiger partial charge in [0.15, 0.2) is 11.5 Å². The van der Waals surface area contributed by atoms with E-state index in [9.17, 15) is 4.79 Å². The first kappa shape index (κ1) is 15.7. The van der Waals surface area contributed by atoms with E-state index >= 15 is 0 Å². The minimum atomic E-state index is -0.0632. The second kappa shape index (κ2) is 6.30. The van der Waals surface area contributed by atoms with Crippen molar-refractivity contribution in [2.75, 3.05) is 6.54 Å². The van der Waals surface area contributed by atoms with Gasteiger partial charge in [-0.25, -0.2) is 4.98 Å². The SMILES string of the molecule is O=C(c1csc(-c2cccs2)n1)N1CCC[C@@H]1c1nnc2ccccn12. The van der Waals surface area contributed by atoms with Gasteiger partial charge in [-0.3, -0.25) is 9.20 Å². The monoisotopic (exact) mass is 381 g/mol. The molecule has 0 N–H and O–H groups in total. The van der Waals surface area contributed by atoms with E-state index in [-0.39, 0.29) is 11.9 Å². The van der Waals surface area contributed by atoms with Gasteiger partial charge in [-0.15, -0.1) is 32.9 Å². The second-order valence-corrected chi connectivity index (χ2v) is 7.96. The van der Waals surface area contributed by atoms with E-state index < -0.39 is 0 Å². The second-order valence-electron chi connectivity index (χ2n) is 6.16. The third-order valence-electron chi connectivity index (χ3n) is 4.61. The number of hydrogen-bond acceptors (Lipinski definition) is 6. The molecule has 26 heavy (non-hydrogen) atoms. The Kier molecular flexibility index (Phi) is 3.79. The lowest BCUT2D eigenvalue weighted by Gasteiger charge is -2.22. The molecule has 1 aliphatic heterocycles. The number of likely N-dealkylation sites (tertiary alicyclic amines) is 1. The average Bonchev–Trinajstić information content (AvgIpc) is 3.47. The van der Waals surface area contributed by atoms with Gasteiger partial charge in [0.2, 0.25) is 0 Å². The number of hydrogen-bond donors (Lipinski definition) is 0. The summed E-state index contributed by atoms with van der Waals surface area (Å²) in [6, 6.07) is 9.77.